The monoisotopic (exact) mass is 265 g/mol. The number of nitrogens with one attached hydrogen (secondary N) is 3. The molecule has 0 aliphatic carbocycles. The van der Waals surface area contributed by atoms with Gasteiger partial charge in [0, 0.05) is 26.0 Å². The molecule has 17 heavy (non-hydrogen) atoms. The Balaban J connectivity index is 3.62. The number of alkyl halides is 1. The van der Waals surface area contributed by atoms with Crippen LogP contribution in [0.2, 0.25) is 0 Å². The van der Waals surface area contributed by atoms with E-state index in [9.17, 15) is 14.4 Å². The molecule has 98 valence electrons. The number of halogens is 1. The van der Waals surface area contributed by atoms with Gasteiger partial charge in [0.05, 0.1) is 13.2 Å². The van der Waals surface area contributed by atoms with Crippen molar-refractivity contribution >= 4 is 29.4 Å². The van der Waals surface area contributed by atoms with E-state index in [4.69, 9.17) is 16.3 Å². The van der Waals surface area contributed by atoms with Gasteiger partial charge in [-0.1, -0.05) is 0 Å². The van der Waals surface area contributed by atoms with Crippen molar-refractivity contribution in [2.24, 2.45) is 0 Å². The highest BCUT2D eigenvalue weighted by atomic mass is 35.5. The summed E-state index contributed by atoms with van der Waals surface area (Å²) >= 11 is 5.31. The zero-order valence-corrected chi connectivity index (χ0v) is 10.3. The minimum atomic E-state index is -0.720. The van der Waals surface area contributed by atoms with Gasteiger partial charge in [-0.05, 0) is 0 Å². The Labute approximate surface area is 104 Å². The van der Waals surface area contributed by atoms with E-state index in [0.717, 1.165) is 0 Å². The number of ether oxygens (including phenoxy) is 1. The molecule has 0 aromatic rings. The van der Waals surface area contributed by atoms with Crippen LogP contribution in [-0.2, 0) is 14.3 Å². The van der Waals surface area contributed by atoms with Crippen molar-refractivity contribution in [2.75, 3.05) is 32.7 Å². The number of urea groups is 1. The van der Waals surface area contributed by atoms with Gasteiger partial charge >= 0.3 is 6.03 Å². The molecule has 0 spiro atoms. The molecular weight excluding hydrogens is 250 g/mol. The second-order valence-corrected chi connectivity index (χ2v) is 3.39. The predicted molar refractivity (Wildman–Crippen MR) is 61.8 cm³/mol. The summed E-state index contributed by atoms with van der Waals surface area (Å²) in [5.74, 6) is -0.712. The van der Waals surface area contributed by atoms with E-state index in [0.29, 0.717) is 13.2 Å². The SMILES string of the molecule is COCCNC(=O)CNC(=O)NC(=O)CCCl. The lowest BCUT2D eigenvalue weighted by Crippen LogP contribution is -2.44. The molecule has 0 fully saturated rings. The standard InChI is InChI=1S/C9H16ClN3O4/c1-17-5-4-11-8(15)6-12-9(16)13-7(14)2-3-10/h2-6H2,1H3,(H,11,15)(H2,12,13,14,16). The van der Waals surface area contributed by atoms with Crippen molar-refractivity contribution in [2.45, 2.75) is 6.42 Å². The number of carbonyl (C=O) groups excluding carboxylic acids is 3. The van der Waals surface area contributed by atoms with Gasteiger partial charge in [-0.25, -0.2) is 4.79 Å². The summed E-state index contributed by atoms with van der Waals surface area (Å²) in [6.07, 6.45) is 0.0506. The van der Waals surface area contributed by atoms with Crippen LogP contribution in [0.4, 0.5) is 4.79 Å². The summed E-state index contributed by atoms with van der Waals surface area (Å²) in [4.78, 5) is 33.1. The van der Waals surface area contributed by atoms with Crippen LogP contribution in [0.5, 0.6) is 0 Å². The number of hydrogen-bond acceptors (Lipinski definition) is 4. The normalized spacial score (nSPS) is 9.53. The van der Waals surface area contributed by atoms with E-state index in [1.165, 1.54) is 7.11 Å². The van der Waals surface area contributed by atoms with Crippen LogP contribution in [-0.4, -0.2) is 50.5 Å². The second kappa shape index (κ2) is 9.86. The van der Waals surface area contributed by atoms with Gasteiger partial charge < -0.3 is 15.4 Å². The van der Waals surface area contributed by atoms with Gasteiger partial charge in [0.1, 0.15) is 0 Å². The van der Waals surface area contributed by atoms with Crippen LogP contribution < -0.4 is 16.0 Å². The van der Waals surface area contributed by atoms with Crippen LogP contribution in [0, 0.1) is 0 Å². The van der Waals surface area contributed by atoms with E-state index in [-0.39, 0.29) is 24.8 Å². The van der Waals surface area contributed by atoms with Gasteiger partial charge in [0.2, 0.25) is 11.8 Å². The number of carbonyl (C=O) groups is 3. The first-order chi connectivity index (χ1) is 8.10. The van der Waals surface area contributed by atoms with Crippen molar-refractivity contribution in [1.29, 1.82) is 0 Å². The summed E-state index contributed by atoms with van der Waals surface area (Å²) in [5, 5.41) is 6.76. The summed E-state index contributed by atoms with van der Waals surface area (Å²) in [5.41, 5.74) is 0. The van der Waals surface area contributed by atoms with Gasteiger partial charge in [0.25, 0.3) is 0 Å². The minimum Gasteiger partial charge on any atom is -0.383 e. The van der Waals surface area contributed by atoms with Crippen molar-refractivity contribution in [3.05, 3.63) is 0 Å². The maximum Gasteiger partial charge on any atom is 0.321 e. The summed E-state index contributed by atoms with van der Waals surface area (Å²) < 4.78 is 4.73. The number of hydrogen-bond donors (Lipinski definition) is 3. The van der Waals surface area contributed by atoms with Crippen LogP contribution >= 0.6 is 11.6 Å². The molecule has 0 aromatic heterocycles. The highest BCUT2D eigenvalue weighted by Gasteiger charge is 2.08. The Hall–Kier alpha value is -1.34. The molecule has 3 N–H and O–H groups in total. The van der Waals surface area contributed by atoms with Crippen LogP contribution in [0.25, 0.3) is 0 Å². The molecule has 0 aliphatic heterocycles. The fourth-order valence-electron chi connectivity index (χ4n) is 0.835. The molecule has 0 rings (SSSR count). The molecule has 0 aromatic carbocycles. The van der Waals surface area contributed by atoms with Gasteiger partial charge in [0.15, 0.2) is 0 Å². The van der Waals surface area contributed by atoms with Gasteiger partial charge in [-0.15, -0.1) is 11.6 Å². The lowest BCUT2D eigenvalue weighted by atomic mass is 10.4. The molecule has 8 heteroatoms. The van der Waals surface area contributed by atoms with Crippen LogP contribution in [0.1, 0.15) is 6.42 Å². The first-order valence-electron chi connectivity index (χ1n) is 4.99. The Morgan fingerprint density at radius 2 is 1.88 bits per heavy atom. The maximum atomic E-state index is 11.1. The van der Waals surface area contributed by atoms with Crippen molar-refractivity contribution in [1.82, 2.24) is 16.0 Å². The maximum absolute atomic E-state index is 11.1. The Morgan fingerprint density at radius 1 is 1.18 bits per heavy atom. The highest BCUT2D eigenvalue weighted by molar-refractivity contribution is 6.19. The van der Waals surface area contributed by atoms with E-state index >= 15 is 0 Å². The third-order valence-corrected chi connectivity index (χ3v) is 1.80. The average molecular weight is 266 g/mol. The topological polar surface area (TPSA) is 96.5 Å². The highest BCUT2D eigenvalue weighted by Crippen LogP contribution is 1.83. The average Bonchev–Trinajstić information content (AvgIpc) is 2.27. The first kappa shape index (κ1) is 15.7. The third-order valence-electron chi connectivity index (χ3n) is 1.61. The summed E-state index contributed by atoms with van der Waals surface area (Å²) in [6.45, 7) is 0.555. The first-order valence-corrected chi connectivity index (χ1v) is 5.53. The van der Waals surface area contributed by atoms with Crippen LogP contribution in [0.3, 0.4) is 0 Å². The lowest BCUT2D eigenvalue weighted by Gasteiger charge is -2.06. The lowest BCUT2D eigenvalue weighted by molar-refractivity contribution is -0.121. The summed E-state index contributed by atoms with van der Waals surface area (Å²) in [7, 11) is 1.51. The largest absolute Gasteiger partial charge is 0.383 e. The minimum absolute atomic E-state index is 0.0506. The van der Waals surface area contributed by atoms with Gasteiger partial charge in [-0.2, -0.15) is 0 Å². The smallest absolute Gasteiger partial charge is 0.321 e. The van der Waals surface area contributed by atoms with Crippen LogP contribution in [0.15, 0.2) is 0 Å². The molecule has 0 unspecified atom stereocenters. The number of amides is 4. The zero-order chi connectivity index (χ0) is 13.1. The van der Waals surface area contributed by atoms with E-state index in [2.05, 4.69) is 10.6 Å². The fourth-order valence-corrected chi connectivity index (χ4v) is 1.01. The molecule has 0 bridgehead atoms. The van der Waals surface area contributed by atoms with Crippen molar-refractivity contribution < 1.29 is 19.1 Å². The van der Waals surface area contributed by atoms with Gasteiger partial charge in [-0.3, -0.25) is 14.9 Å². The number of methoxy groups -OCH3 is 1. The number of rotatable bonds is 7. The number of imide groups is 1. The molecular formula is C9H16ClN3O4. The molecule has 4 amide bonds. The van der Waals surface area contributed by atoms with Crippen molar-refractivity contribution in [3.63, 3.8) is 0 Å². The zero-order valence-electron chi connectivity index (χ0n) is 9.55. The quantitative estimate of drug-likeness (QED) is 0.415. The molecule has 0 radical (unpaired) electrons. The second-order valence-electron chi connectivity index (χ2n) is 3.01. The molecule has 0 atom stereocenters. The Bertz CT molecular complexity index is 273. The van der Waals surface area contributed by atoms with E-state index in [1.807, 2.05) is 5.32 Å². The van der Waals surface area contributed by atoms with E-state index in [1.54, 1.807) is 0 Å². The third kappa shape index (κ3) is 9.58. The van der Waals surface area contributed by atoms with Crippen molar-refractivity contribution in [3.8, 4) is 0 Å². The molecule has 0 saturated heterocycles. The summed E-state index contributed by atoms with van der Waals surface area (Å²) in [6, 6.07) is -0.720. The van der Waals surface area contributed by atoms with E-state index < -0.39 is 11.9 Å². The molecule has 0 heterocycles. The fraction of sp³-hybridized carbons (Fsp3) is 0.667. The predicted octanol–water partition coefficient (Wildman–Crippen LogP) is -0.796. The molecule has 0 aliphatic rings. The molecule has 0 saturated carbocycles. The molecule has 7 nitrogen and oxygen atoms in total. The Kier molecular flexibility index (Phi) is 9.08. The Morgan fingerprint density at radius 3 is 2.47 bits per heavy atom.